The summed E-state index contributed by atoms with van der Waals surface area (Å²) in [5.41, 5.74) is 2.79. The minimum Gasteiger partial charge on any atom is -0.308 e. The van der Waals surface area contributed by atoms with Crippen LogP contribution in [0.25, 0.3) is 11.1 Å². The van der Waals surface area contributed by atoms with Crippen LogP contribution in [-0.2, 0) is 0 Å². The number of amides is 1. The molecule has 3 aromatic rings. The number of likely N-dealkylation sites (tertiary alicyclic amines) is 1. The fourth-order valence-corrected chi connectivity index (χ4v) is 5.23. The minimum absolute atomic E-state index is 0.00281. The first kappa shape index (κ1) is 18.7. The number of rotatable bonds is 4. The number of nitrogens with zero attached hydrogens (tertiary/aromatic N) is 4. The van der Waals surface area contributed by atoms with Crippen LogP contribution in [0.4, 0.5) is 0 Å². The third-order valence-electron chi connectivity index (χ3n) is 5.77. The number of nitriles is 1. The smallest absolute Gasteiger partial charge is 0.255 e. The van der Waals surface area contributed by atoms with Gasteiger partial charge < -0.3 is 4.90 Å². The van der Waals surface area contributed by atoms with Gasteiger partial charge in [-0.15, -0.1) is 0 Å². The van der Waals surface area contributed by atoms with E-state index in [0.29, 0.717) is 11.5 Å². The summed E-state index contributed by atoms with van der Waals surface area (Å²) >= 11 is 1.67. The van der Waals surface area contributed by atoms with Crippen molar-refractivity contribution in [1.29, 1.82) is 5.26 Å². The van der Waals surface area contributed by atoms with Gasteiger partial charge in [-0.1, -0.05) is 49.0 Å². The van der Waals surface area contributed by atoms with Gasteiger partial charge in [0.25, 0.3) is 5.91 Å². The Morgan fingerprint density at radius 2 is 1.90 bits per heavy atom. The monoisotopic (exact) mass is 412 g/mol. The van der Waals surface area contributed by atoms with E-state index >= 15 is 0 Å². The molecule has 0 radical (unpaired) electrons. The SMILES string of the molecule is CC1CN(C#N)C2[C@@H]1N2C(=O)c1ccc(-c2ccncc2Sc2ccccc2)cc1. The van der Waals surface area contributed by atoms with Crippen LogP contribution in [0.2, 0.25) is 0 Å². The molecule has 0 bridgehead atoms. The number of fused-ring (bicyclic) bond motifs is 1. The Labute approximate surface area is 180 Å². The summed E-state index contributed by atoms with van der Waals surface area (Å²) < 4.78 is 0. The molecule has 6 heteroatoms. The van der Waals surface area contributed by atoms with Gasteiger partial charge in [0, 0.05) is 34.3 Å². The van der Waals surface area contributed by atoms with Gasteiger partial charge in [0.15, 0.2) is 6.19 Å². The fraction of sp³-hybridized carbons (Fsp3) is 0.208. The van der Waals surface area contributed by atoms with Crippen molar-refractivity contribution in [3.8, 4) is 17.3 Å². The molecule has 3 heterocycles. The van der Waals surface area contributed by atoms with Gasteiger partial charge in [-0.25, -0.2) is 0 Å². The summed E-state index contributed by atoms with van der Waals surface area (Å²) in [6, 6.07) is 20.1. The summed E-state index contributed by atoms with van der Waals surface area (Å²) in [5, 5.41) is 9.28. The lowest BCUT2D eigenvalue weighted by atomic mass is 10.0. The summed E-state index contributed by atoms with van der Waals surface area (Å²) in [4.78, 5) is 23.0. The second-order valence-corrected chi connectivity index (χ2v) is 8.83. The highest BCUT2D eigenvalue weighted by atomic mass is 32.2. The third-order valence-corrected chi connectivity index (χ3v) is 6.82. The zero-order valence-electron chi connectivity index (χ0n) is 16.5. The quantitative estimate of drug-likeness (QED) is 0.467. The van der Waals surface area contributed by atoms with Crippen molar-refractivity contribution in [2.45, 2.75) is 28.9 Å². The van der Waals surface area contributed by atoms with E-state index in [1.54, 1.807) is 22.9 Å². The van der Waals surface area contributed by atoms with Gasteiger partial charge in [-0.3, -0.25) is 14.7 Å². The molecule has 148 valence electrons. The largest absolute Gasteiger partial charge is 0.308 e. The second kappa shape index (κ2) is 7.51. The molecule has 2 aromatic carbocycles. The van der Waals surface area contributed by atoms with E-state index in [9.17, 15) is 10.1 Å². The fourth-order valence-electron chi connectivity index (χ4n) is 4.28. The molecule has 2 aliphatic heterocycles. The van der Waals surface area contributed by atoms with E-state index in [2.05, 4.69) is 30.2 Å². The van der Waals surface area contributed by atoms with E-state index < -0.39 is 0 Å². The molecule has 0 N–H and O–H groups in total. The molecule has 2 saturated heterocycles. The summed E-state index contributed by atoms with van der Waals surface area (Å²) in [6.45, 7) is 2.83. The van der Waals surface area contributed by atoms with E-state index in [-0.39, 0.29) is 18.1 Å². The van der Waals surface area contributed by atoms with Gasteiger partial charge in [-0.05, 0) is 47.4 Å². The lowest BCUT2D eigenvalue weighted by Crippen LogP contribution is -2.30. The molecule has 0 saturated carbocycles. The lowest BCUT2D eigenvalue weighted by Gasteiger charge is -2.17. The second-order valence-electron chi connectivity index (χ2n) is 7.71. The maximum absolute atomic E-state index is 13.0. The van der Waals surface area contributed by atoms with Crippen molar-refractivity contribution in [2.24, 2.45) is 5.92 Å². The summed E-state index contributed by atoms with van der Waals surface area (Å²) in [5.74, 6) is 0.323. The topological polar surface area (TPSA) is 60.0 Å². The molecule has 0 spiro atoms. The van der Waals surface area contributed by atoms with Crippen molar-refractivity contribution in [2.75, 3.05) is 6.54 Å². The van der Waals surface area contributed by atoms with E-state index in [1.165, 1.54) is 0 Å². The Morgan fingerprint density at radius 1 is 1.13 bits per heavy atom. The average molecular weight is 413 g/mol. The van der Waals surface area contributed by atoms with Crippen molar-refractivity contribution in [1.82, 2.24) is 14.8 Å². The van der Waals surface area contributed by atoms with Crippen LogP contribution in [0.15, 0.2) is 82.8 Å². The van der Waals surface area contributed by atoms with Crippen LogP contribution < -0.4 is 0 Å². The lowest BCUT2D eigenvalue weighted by molar-refractivity contribution is 0.0816. The Balaban J connectivity index is 1.37. The molecule has 5 rings (SSSR count). The van der Waals surface area contributed by atoms with Crippen molar-refractivity contribution in [3.05, 3.63) is 78.6 Å². The van der Waals surface area contributed by atoms with Gasteiger partial charge in [0.2, 0.25) is 0 Å². The highest BCUT2D eigenvalue weighted by Gasteiger charge is 2.61. The predicted molar refractivity (Wildman–Crippen MR) is 115 cm³/mol. The van der Waals surface area contributed by atoms with Crippen LogP contribution >= 0.6 is 11.8 Å². The molecule has 1 aromatic heterocycles. The van der Waals surface area contributed by atoms with Crippen LogP contribution in [0.3, 0.4) is 0 Å². The van der Waals surface area contributed by atoms with Gasteiger partial charge >= 0.3 is 0 Å². The normalized spacial score (nSPS) is 21.8. The molecule has 2 unspecified atom stereocenters. The van der Waals surface area contributed by atoms with E-state index in [4.69, 9.17) is 0 Å². The van der Waals surface area contributed by atoms with Crippen LogP contribution in [0.5, 0.6) is 0 Å². The van der Waals surface area contributed by atoms with E-state index in [1.807, 2.05) is 59.6 Å². The first-order valence-electron chi connectivity index (χ1n) is 9.94. The molecule has 30 heavy (non-hydrogen) atoms. The standard InChI is InChI=1S/C24H20N4OS/c1-16-14-27(15-25)23-22(16)28(23)24(29)18-9-7-17(8-10-18)20-11-12-26-13-21(20)30-19-5-3-2-4-6-19/h2-13,16,22-23H,14H2,1H3/t16?,22-,23?,28?/m1/s1. The first-order valence-corrected chi connectivity index (χ1v) is 10.8. The zero-order chi connectivity index (χ0) is 20.7. The minimum atomic E-state index is -0.0637. The number of carbonyl (C=O) groups excluding carboxylic acids is 1. The van der Waals surface area contributed by atoms with Gasteiger partial charge in [-0.2, -0.15) is 5.26 Å². The van der Waals surface area contributed by atoms with Gasteiger partial charge in [0.1, 0.15) is 6.17 Å². The van der Waals surface area contributed by atoms with Crippen LogP contribution in [0, 0.1) is 17.4 Å². The van der Waals surface area contributed by atoms with Crippen molar-refractivity contribution >= 4 is 17.7 Å². The maximum Gasteiger partial charge on any atom is 0.255 e. The molecule has 0 aliphatic carbocycles. The highest BCUT2D eigenvalue weighted by molar-refractivity contribution is 7.99. The number of pyridine rings is 1. The zero-order valence-corrected chi connectivity index (χ0v) is 17.3. The number of benzene rings is 2. The molecule has 2 fully saturated rings. The van der Waals surface area contributed by atoms with Crippen molar-refractivity contribution < 1.29 is 4.79 Å². The predicted octanol–water partition coefficient (Wildman–Crippen LogP) is 4.48. The molecule has 5 nitrogen and oxygen atoms in total. The molecular formula is C24H20N4OS. The first-order chi connectivity index (χ1) is 14.7. The summed E-state index contributed by atoms with van der Waals surface area (Å²) in [7, 11) is 0. The summed E-state index contributed by atoms with van der Waals surface area (Å²) in [6.07, 6.45) is 5.81. The van der Waals surface area contributed by atoms with Gasteiger partial charge in [0.05, 0.1) is 6.04 Å². The third kappa shape index (κ3) is 3.21. The highest BCUT2D eigenvalue weighted by Crippen LogP contribution is 2.44. The molecule has 2 aliphatic rings. The van der Waals surface area contributed by atoms with E-state index in [0.717, 1.165) is 27.5 Å². The molecule has 3 atom stereocenters. The Morgan fingerprint density at radius 3 is 2.63 bits per heavy atom. The average Bonchev–Trinajstić information content (AvgIpc) is 3.45. The number of aromatic nitrogens is 1. The molecule has 1 amide bonds. The Hall–Kier alpha value is -3.30. The maximum atomic E-state index is 13.0. The number of hydrogen-bond acceptors (Lipinski definition) is 5. The van der Waals surface area contributed by atoms with Crippen molar-refractivity contribution in [3.63, 3.8) is 0 Å². The Bertz CT molecular complexity index is 1130. The molecular weight excluding hydrogens is 392 g/mol. The van der Waals surface area contributed by atoms with Crippen LogP contribution in [0.1, 0.15) is 17.3 Å². The Kier molecular flexibility index (Phi) is 4.68. The number of carbonyl (C=O) groups is 1. The number of hydrogen-bond donors (Lipinski definition) is 0. The van der Waals surface area contributed by atoms with Crippen LogP contribution in [-0.4, -0.2) is 39.4 Å².